The number of amides is 2. The molecule has 1 atom stereocenters. The first-order chi connectivity index (χ1) is 15.2. The van der Waals surface area contributed by atoms with E-state index in [9.17, 15) is 13.2 Å². The quantitative estimate of drug-likeness (QED) is 0.464. The van der Waals surface area contributed by atoms with Crippen molar-refractivity contribution in [1.82, 2.24) is 5.32 Å². The summed E-state index contributed by atoms with van der Waals surface area (Å²) < 4.78 is 25.3. The van der Waals surface area contributed by atoms with Crippen LogP contribution in [0.2, 0.25) is 10.0 Å². The largest absolute Gasteiger partial charge is 0.331 e. The molecular weight excluding hydrogens is 469 g/mol. The normalized spacial score (nSPS) is 11.9. The number of nitrogens with one attached hydrogen (secondary N) is 2. The number of hydrogen-bond donors (Lipinski definition) is 2. The van der Waals surface area contributed by atoms with Gasteiger partial charge >= 0.3 is 6.03 Å². The molecule has 2 N–H and O–H groups in total. The van der Waals surface area contributed by atoms with Crippen molar-refractivity contribution in [1.29, 1.82) is 5.26 Å². The van der Waals surface area contributed by atoms with Crippen LogP contribution in [0.25, 0.3) is 0 Å². The van der Waals surface area contributed by atoms with E-state index in [1.54, 1.807) is 49.4 Å². The van der Waals surface area contributed by atoms with Crippen LogP contribution in [0.1, 0.15) is 29.7 Å². The number of carbonyl (C=O) groups is 1. The molecule has 0 radical (unpaired) electrons. The predicted octanol–water partition coefficient (Wildman–Crippen LogP) is 5.72. The van der Waals surface area contributed by atoms with Gasteiger partial charge in [0.15, 0.2) is 9.84 Å². The monoisotopic (exact) mass is 487 g/mol. The van der Waals surface area contributed by atoms with Crippen molar-refractivity contribution < 1.29 is 13.2 Å². The maximum atomic E-state index is 12.7. The molecule has 0 spiro atoms. The van der Waals surface area contributed by atoms with Gasteiger partial charge in [-0.15, -0.1) is 0 Å². The number of hydrogen-bond acceptors (Lipinski definition) is 4. The van der Waals surface area contributed by atoms with Gasteiger partial charge in [-0.1, -0.05) is 47.5 Å². The number of sulfone groups is 1. The Morgan fingerprint density at radius 3 is 2.31 bits per heavy atom. The summed E-state index contributed by atoms with van der Waals surface area (Å²) in [5, 5.41) is 15.0. The Labute approximate surface area is 196 Å². The molecule has 32 heavy (non-hydrogen) atoms. The Morgan fingerprint density at radius 1 is 1.03 bits per heavy atom. The second kappa shape index (κ2) is 10.0. The van der Waals surface area contributed by atoms with E-state index in [1.165, 1.54) is 24.3 Å². The van der Waals surface area contributed by atoms with Crippen molar-refractivity contribution in [2.75, 3.05) is 5.32 Å². The van der Waals surface area contributed by atoms with Gasteiger partial charge in [0, 0.05) is 5.69 Å². The molecule has 3 aromatic rings. The summed E-state index contributed by atoms with van der Waals surface area (Å²) in [5.41, 5.74) is 2.16. The lowest BCUT2D eigenvalue weighted by molar-refractivity contribution is 0.249. The van der Waals surface area contributed by atoms with Crippen LogP contribution < -0.4 is 10.6 Å². The van der Waals surface area contributed by atoms with Gasteiger partial charge in [-0.3, -0.25) is 0 Å². The zero-order valence-corrected chi connectivity index (χ0v) is 19.3. The van der Waals surface area contributed by atoms with Crippen LogP contribution >= 0.6 is 23.2 Å². The molecule has 0 aliphatic rings. The van der Waals surface area contributed by atoms with Gasteiger partial charge in [0.05, 0.1) is 38.4 Å². The lowest BCUT2D eigenvalue weighted by Crippen LogP contribution is -2.31. The van der Waals surface area contributed by atoms with E-state index >= 15 is 0 Å². The van der Waals surface area contributed by atoms with Gasteiger partial charge < -0.3 is 10.6 Å². The first-order valence-electron chi connectivity index (χ1n) is 9.53. The van der Waals surface area contributed by atoms with Crippen LogP contribution in [0, 0.1) is 11.3 Å². The van der Waals surface area contributed by atoms with E-state index in [0.717, 1.165) is 0 Å². The average molecular weight is 488 g/mol. The lowest BCUT2D eigenvalue weighted by atomic mass is 10.1. The summed E-state index contributed by atoms with van der Waals surface area (Å²) >= 11 is 12.2. The van der Waals surface area contributed by atoms with Gasteiger partial charge in [-0.25, -0.2) is 13.2 Å². The topological polar surface area (TPSA) is 99.1 Å². The minimum Gasteiger partial charge on any atom is -0.331 e. The molecular formula is C23H19Cl2N3O3S. The van der Waals surface area contributed by atoms with Crippen LogP contribution in [0.3, 0.4) is 0 Å². The van der Waals surface area contributed by atoms with Crippen LogP contribution in [0.4, 0.5) is 10.5 Å². The molecule has 3 rings (SSSR count). The summed E-state index contributed by atoms with van der Waals surface area (Å²) in [5.74, 6) is -0.191. The first-order valence-corrected chi connectivity index (χ1v) is 11.9. The molecule has 3 aromatic carbocycles. The van der Waals surface area contributed by atoms with Gasteiger partial charge in [-0.05, 0) is 60.5 Å². The van der Waals surface area contributed by atoms with E-state index < -0.39 is 21.9 Å². The number of halogens is 2. The Balaban J connectivity index is 1.63. The minimum absolute atomic E-state index is 0.131. The summed E-state index contributed by atoms with van der Waals surface area (Å²) in [6.07, 6.45) is 0. The molecule has 6 nitrogen and oxygen atoms in total. The fourth-order valence-electron chi connectivity index (χ4n) is 3.02. The van der Waals surface area contributed by atoms with Crippen LogP contribution in [-0.4, -0.2) is 14.4 Å². The summed E-state index contributed by atoms with van der Waals surface area (Å²) in [6, 6.07) is 18.6. The number of carbonyl (C=O) groups excluding carboxylic acids is 1. The fourth-order valence-corrected chi connectivity index (χ4v) is 4.84. The highest BCUT2D eigenvalue weighted by molar-refractivity contribution is 7.90. The van der Waals surface area contributed by atoms with Gasteiger partial charge in [-0.2, -0.15) is 5.26 Å². The van der Waals surface area contributed by atoms with E-state index in [1.807, 2.05) is 6.07 Å². The van der Waals surface area contributed by atoms with Crippen LogP contribution in [-0.2, 0) is 15.6 Å². The van der Waals surface area contributed by atoms with E-state index in [2.05, 4.69) is 10.6 Å². The van der Waals surface area contributed by atoms with Gasteiger partial charge in [0.2, 0.25) is 0 Å². The smallest absolute Gasteiger partial charge is 0.319 e. The number of nitrogens with zero attached hydrogens (tertiary/aromatic N) is 1. The fraction of sp³-hybridized carbons (Fsp3) is 0.130. The third kappa shape index (κ3) is 5.80. The van der Waals surface area contributed by atoms with Crippen molar-refractivity contribution in [2.45, 2.75) is 23.6 Å². The summed E-state index contributed by atoms with van der Waals surface area (Å²) in [6.45, 7) is 1.77. The minimum atomic E-state index is -3.58. The van der Waals surface area contributed by atoms with E-state index in [4.69, 9.17) is 28.5 Å². The Kier molecular flexibility index (Phi) is 7.41. The third-order valence-corrected chi connectivity index (χ3v) is 7.24. The Morgan fingerprint density at radius 2 is 1.69 bits per heavy atom. The zero-order chi connectivity index (χ0) is 23.3. The van der Waals surface area contributed by atoms with E-state index in [-0.39, 0.29) is 10.6 Å². The molecule has 0 unspecified atom stereocenters. The molecule has 0 aliphatic heterocycles. The van der Waals surface area contributed by atoms with Gasteiger partial charge in [0.1, 0.15) is 0 Å². The molecule has 0 heterocycles. The number of urea groups is 1. The van der Waals surface area contributed by atoms with Gasteiger partial charge in [0.25, 0.3) is 0 Å². The highest BCUT2D eigenvalue weighted by Crippen LogP contribution is 2.29. The predicted molar refractivity (Wildman–Crippen MR) is 126 cm³/mol. The average Bonchev–Trinajstić information content (AvgIpc) is 2.76. The van der Waals surface area contributed by atoms with E-state index in [0.29, 0.717) is 32.4 Å². The maximum absolute atomic E-state index is 12.7. The molecule has 0 aliphatic carbocycles. The summed E-state index contributed by atoms with van der Waals surface area (Å²) in [7, 11) is -3.58. The molecule has 2 amide bonds. The number of anilines is 1. The second-order valence-corrected chi connectivity index (χ2v) is 9.83. The third-order valence-electron chi connectivity index (χ3n) is 4.71. The standard InChI is InChI=1S/C23H19Cl2N3O3S/c1-15(20-3-2-4-21(24)22(20)25)27-23(29)28-18-9-11-19(12-10-18)32(30,31)14-17-7-5-16(13-26)6-8-17/h2-12,15H,14H2,1H3,(H2,27,28,29)/t15-/m0/s1. The van der Waals surface area contributed by atoms with Crippen molar-refractivity contribution in [2.24, 2.45) is 0 Å². The van der Waals surface area contributed by atoms with Crippen molar-refractivity contribution in [3.63, 3.8) is 0 Å². The molecule has 0 saturated heterocycles. The summed E-state index contributed by atoms with van der Waals surface area (Å²) in [4.78, 5) is 12.5. The van der Waals surface area contributed by atoms with Crippen LogP contribution in [0.15, 0.2) is 71.6 Å². The highest BCUT2D eigenvalue weighted by Gasteiger charge is 2.17. The lowest BCUT2D eigenvalue weighted by Gasteiger charge is -2.17. The van der Waals surface area contributed by atoms with Crippen molar-refractivity contribution in [3.05, 3.63) is 93.5 Å². The molecule has 0 bridgehead atoms. The molecule has 0 aromatic heterocycles. The van der Waals surface area contributed by atoms with Crippen molar-refractivity contribution in [3.8, 4) is 6.07 Å². The highest BCUT2D eigenvalue weighted by atomic mass is 35.5. The zero-order valence-electron chi connectivity index (χ0n) is 17.0. The number of rotatable bonds is 6. The molecule has 164 valence electrons. The Hall–Kier alpha value is -3.05. The molecule has 0 fully saturated rings. The number of benzene rings is 3. The Bertz CT molecular complexity index is 1270. The van der Waals surface area contributed by atoms with Crippen molar-refractivity contribution >= 4 is 44.8 Å². The SMILES string of the molecule is C[C@H](NC(=O)Nc1ccc(S(=O)(=O)Cc2ccc(C#N)cc2)cc1)c1cccc(Cl)c1Cl. The first kappa shape index (κ1) is 23.6. The maximum Gasteiger partial charge on any atom is 0.319 e. The van der Waals surface area contributed by atoms with Crippen LogP contribution in [0.5, 0.6) is 0 Å². The molecule has 0 saturated carbocycles. The molecule has 9 heteroatoms. The number of nitriles is 1. The second-order valence-electron chi connectivity index (χ2n) is 7.06.